The molecule has 1 aliphatic heterocycles. The van der Waals surface area contributed by atoms with Crippen molar-refractivity contribution >= 4 is 11.6 Å². The number of nitrogens with one attached hydrogen (secondary N) is 1. The number of hydrogen-bond donors (Lipinski definition) is 2. The van der Waals surface area contributed by atoms with E-state index in [0.717, 1.165) is 43.7 Å². The Morgan fingerprint density at radius 2 is 2.27 bits per heavy atom. The first kappa shape index (κ1) is 17.0. The Balaban J connectivity index is 1.93. The minimum absolute atomic E-state index is 0.0948. The molecule has 0 radical (unpaired) electrons. The number of carbonyl (C=O) groups is 1. The molecule has 1 aromatic carbocycles. The molecule has 4 nitrogen and oxygen atoms in total. The summed E-state index contributed by atoms with van der Waals surface area (Å²) in [5.74, 6) is 0.744. The summed E-state index contributed by atoms with van der Waals surface area (Å²) >= 11 is 0. The molecule has 1 heterocycles. The molecule has 1 aromatic rings. The second kappa shape index (κ2) is 8.30. The molecular weight excluding hydrogens is 274 g/mol. The van der Waals surface area contributed by atoms with Gasteiger partial charge in [-0.2, -0.15) is 0 Å². The van der Waals surface area contributed by atoms with Crippen molar-refractivity contribution in [2.24, 2.45) is 11.7 Å². The number of carbonyl (C=O) groups excluding carboxylic acids is 1. The van der Waals surface area contributed by atoms with Crippen LogP contribution in [0.15, 0.2) is 18.2 Å². The van der Waals surface area contributed by atoms with Crippen LogP contribution in [0, 0.1) is 12.8 Å². The second-order valence-corrected chi connectivity index (χ2v) is 6.33. The highest BCUT2D eigenvalue weighted by molar-refractivity contribution is 5.93. The zero-order valence-corrected chi connectivity index (χ0v) is 13.9. The maximum Gasteiger partial charge on any atom is 0.238 e. The first-order valence-electron chi connectivity index (χ1n) is 8.44. The normalized spacial score (nSPS) is 19.1. The van der Waals surface area contributed by atoms with Gasteiger partial charge in [0.1, 0.15) is 0 Å². The van der Waals surface area contributed by atoms with Gasteiger partial charge in [0.05, 0.1) is 6.54 Å². The minimum atomic E-state index is 0.0948. The fraction of sp³-hybridized carbons (Fsp3) is 0.611. The summed E-state index contributed by atoms with van der Waals surface area (Å²) in [4.78, 5) is 14.7. The molecular formula is C18H29N3O. The third-order valence-corrected chi connectivity index (χ3v) is 4.55. The highest BCUT2D eigenvalue weighted by Crippen LogP contribution is 2.22. The van der Waals surface area contributed by atoms with Gasteiger partial charge in [-0.15, -0.1) is 0 Å². The standard InChI is InChI=1S/C18H29N3O/c1-3-16-8-4-6-14(2)18(16)20-17(22)13-21-11-5-7-15(12-21)9-10-19/h4,6,8,15H,3,5,7,9-13,19H2,1-2H3,(H,20,22). The molecule has 22 heavy (non-hydrogen) atoms. The van der Waals surface area contributed by atoms with E-state index in [1.54, 1.807) is 0 Å². The largest absolute Gasteiger partial charge is 0.330 e. The van der Waals surface area contributed by atoms with Gasteiger partial charge >= 0.3 is 0 Å². The number of benzene rings is 1. The van der Waals surface area contributed by atoms with Crippen LogP contribution in [0.5, 0.6) is 0 Å². The maximum absolute atomic E-state index is 12.4. The molecule has 1 saturated heterocycles. The number of amides is 1. The number of rotatable bonds is 6. The molecule has 0 aromatic heterocycles. The Labute approximate surface area is 134 Å². The fourth-order valence-electron chi connectivity index (χ4n) is 3.35. The Hall–Kier alpha value is -1.39. The van der Waals surface area contributed by atoms with Crippen LogP contribution in [0.3, 0.4) is 0 Å². The van der Waals surface area contributed by atoms with Gasteiger partial charge in [-0.05, 0) is 62.7 Å². The Morgan fingerprint density at radius 1 is 1.45 bits per heavy atom. The summed E-state index contributed by atoms with van der Waals surface area (Å²) in [7, 11) is 0. The van der Waals surface area contributed by atoms with Gasteiger partial charge in [-0.1, -0.05) is 25.1 Å². The summed E-state index contributed by atoms with van der Waals surface area (Å²) in [5.41, 5.74) is 8.98. The number of nitrogens with two attached hydrogens (primary N) is 1. The van der Waals surface area contributed by atoms with Crippen molar-refractivity contribution in [3.05, 3.63) is 29.3 Å². The van der Waals surface area contributed by atoms with Crippen molar-refractivity contribution < 1.29 is 4.79 Å². The van der Waals surface area contributed by atoms with Gasteiger partial charge in [-0.3, -0.25) is 9.69 Å². The lowest BCUT2D eigenvalue weighted by atomic mass is 9.95. The number of hydrogen-bond acceptors (Lipinski definition) is 3. The number of nitrogens with zero attached hydrogens (tertiary/aromatic N) is 1. The van der Waals surface area contributed by atoms with Crippen molar-refractivity contribution in [2.75, 3.05) is 31.5 Å². The quantitative estimate of drug-likeness (QED) is 0.849. The summed E-state index contributed by atoms with van der Waals surface area (Å²) in [5, 5.41) is 3.12. The summed E-state index contributed by atoms with van der Waals surface area (Å²) in [6.07, 6.45) is 4.41. The van der Waals surface area contributed by atoms with Gasteiger partial charge < -0.3 is 11.1 Å². The summed E-state index contributed by atoms with van der Waals surface area (Å²) in [6, 6.07) is 6.18. The molecule has 3 N–H and O–H groups in total. The van der Waals surface area contributed by atoms with E-state index >= 15 is 0 Å². The molecule has 122 valence electrons. The number of likely N-dealkylation sites (tertiary alicyclic amines) is 1. The van der Waals surface area contributed by atoms with Crippen LogP contribution in [0.1, 0.15) is 37.3 Å². The van der Waals surface area contributed by atoms with Crippen LogP contribution in [0.25, 0.3) is 0 Å². The van der Waals surface area contributed by atoms with Gasteiger partial charge in [0.2, 0.25) is 5.91 Å². The van der Waals surface area contributed by atoms with E-state index in [0.29, 0.717) is 12.5 Å². The molecule has 1 amide bonds. The molecule has 1 aliphatic rings. The van der Waals surface area contributed by atoms with Crippen LogP contribution in [0.4, 0.5) is 5.69 Å². The molecule has 0 aliphatic carbocycles. The topological polar surface area (TPSA) is 58.4 Å². The zero-order chi connectivity index (χ0) is 15.9. The molecule has 1 atom stereocenters. The third-order valence-electron chi connectivity index (χ3n) is 4.55. The summed E-state index contributed by atoms with van der Waals surface area (Å²) in [6.45, 7) is 7.41. The monoisotopic (exact) mass is 303 g/mol. The first-order valence-corrected chi connectivity index (χ1v) is 8.44. The Bertz CT molecular complexity index is 499. The summed E-state index contributed by atoms with van der Waals surface area (Å²) < 4.78 is 0. The lowest BCUT2D eigenvalue weighted by molar-refractivity contribution is -0.117. The van der Waals surface area contributed by atoms with Crippen LogP contribution >= 0.6 is 0 Å². The van der Waals surface area contributed by atoms with Crippen LogP contribution in [0.2, 0.25) is 0 Å². The molecule has 0 bridgehead atoms. The fourth-order valence-corrected chi connectivity index (χ4v) is 3.35. The molecule has 0 saturated carbocycles. The van der Waals surface area contributed by atoms with Crippen molar-refractivity contribution in [1.82, 2.24) is 4.90 Å². The lowest BCUT2D eigenvalue weighted by Gasteiger charge is -2.32. The van der Waals surface area contributed by atoms with Crippen LogP contribution in [-0.4, -0.2) is 37.0 Å². The number of aryl methyl sites for hydroxylation is 2. The van der Waals surface area contributed by atoms with E-state index < -0.39 is 0 Å². The Kier molecular flexibility index (Phi) is 6.40. The number of piperidine rings is 1. The van der Waals surface area contributed by atoms with Crippen molar-refractivity contribution in [1.29, 1.82) is 0 Å². The smallest absolute Gasteiger partial charge is 0.238 e. The second-order valence-electron chi connectivity index (χ2n) is 6.33. The van der Waals surface area contributed by atoms with Gasteiger partial charge in [0.15, 0.2) is 0 Å². The molecule has 1 unspecified atom stereocenters. The first-order chi connectivity index (χ1) is 10.6. The highest BCUT2D eigenvalue weighted by atomic mass is 16.2. The van der Waals surface area contributed by atoms with Crippen molar-refractivity contribution in [3.8, 4) is 0 Å². The zero-order valence-electron chi connectivity index (χ0n) is 13.9. The maximum atomic E-state index is 12.4. The molecule has 4 heteroatoms. The third kappa shape index (κ3) is 4.55. The lowest BCUT2D eigenvalue weighted by Crippen LogP contribution is -2.41. The van der Waals surface area contributed by atoms with Crippen LogP contribution < -0.4 is 11.1 Å². The van der Waals surface area contributed by atoms with Gasteiger partial charge in [-0.25, -0.2) is 0 Å². The van der Waals surface area contributed by atoms with E-state index in [-0.39, 0.29) is 5.91 Å². The van der Waals surface area contributed by atoms with E-state index in [1.165, 1.54) is 18.4 Å². The van der Waals surface area contributed by atoms with E-state index in [1.807, 2.05) is 19.1 Å². The molecule has 0 spiro atoms. The number of anilines is 1. The Morgan fingerprint density at radius 3 is 3.00 bits per heavy atom. The predicted molar refractivity (Wildman–Crippen MR) is 92.0 cm³/mol. The molecule has 1 fully saturated rings. The van der Waals surface area contributed by atoms with Crippen LogP contribution in [-0.2, 0) is 11.2 Å². The van der Waals surface area contributed by atoms with Crippen molar-refractivity contribution in [2.45, 2.75) is 39.5 Å². The predicted octanol–water partition coefficient (Wildman–Crippen LogP) is 2.56. The average Bonchev–Trinajstić information content (AvgIpc) is 2.50. The van der Waals surface area contributed by atoms with Gasteiger partial charge in [0, 0.05) is 12.2 Å². The SMILES string of the molecule is CCc1cccc(C)c1NC(=O)CN1CCCC(CCN)C1. The van der Waals surface area contributed by atoms with Gasteiger partial charge in [0.25, 0.3) is 0 Å². The van der Waals surface area contributed by atoms with Crippen molar-refractivity contribution in [3.63, 3.8) is 0 Å². The number of para-hydroxylation sites is 1. The average molecular weight is 303 g/mol. The van der Waals surface area contributed by atoms with E-state index in [4.69, 9.17) is 5.73 Å². The van der Waals surface area contributed by atoms with E-state index in [2.05, 4.69) is 23.2 Å². The highest BCUT2D eigenvalue weighted by Gasteiger charge is 2.21. The molecule has 2 rings (SSSR count). The minimum Gasteiger partial charge on any atom is -0.330 e. The van der Waals surface area contributed by atoms with E-state index in [9.17, 15) is 4.79 Å².